The van der Waals surface area contributed by atoms with Crippen LogP contribution in [0.3, 0.4) is 0 Å². The number of carbonyl (C=O) groups is 9. The number of aliphatic carboxylic acids is 1. The first-order valence-corrected chi connectivity index (χ1v) is 19.9. The summed E-state index contributed by atoms with van der Waals surface area (Å²) in [5.41, 5.74) is 22.0. The van der Waals surface area contributed by atoms with E-state index in [1.807, 2.05) is 13.8 Å². The molecule has 0 spiro atoms. The van der Waals surface area contributed by atoms with Crippen molar-refractivity contribution in [1.82, 2.24) is 37.2 Å². The molecule has 0 aromatic rings. The molecule has 23 nitrogen and oxygen atoms in total. The molecule has 23 heteroatoms. The largest absolute Gasteiger partial charge is 0.480 e. The Morgan fingerprint density at radius 2 is 1.10 bits per heavy atom. The lowest BCUT2D eigenvalue weighted by atomic mass is 9.98. The van der Waals surface area contributed by atoms with Crippen molar-refractivity contribution in [3.05, 3.63) is 0 Å². The van der Waals surface area contributed by atoms with E-state index >= 15 is 0 Å². The van der Waals surface area contributed by atoms with E-state index in [2.05, 4.69) is 42.2 Å². The monoisotopic (exact) mass is 857 g/mol. The SMILES string of the molecule is CC(C)CC(NC(=O)C(N)CCCN=C(N)N)C(=O)NC(C(=O)NC(CCC(N)=O)C(=O)NC(CC(C)C)C(=O)NC(C)C(=O)NCC(=O)NC(C(=O)O)C(C)O)C(C)C. The van der Waals surface area contributed by atoms with E-state index in [-0.39, 0.29) is 56.4 Å². The Labute approximate surface area is 350 Å². The minimum Gasteiger partial charge on any atom is -0.480 e. The summed E-state index contributed by atoms with van der Waals surface area (Å²) in [7, 11) is 0. The van der Waals surface area contributed by atoms with Crippen LogP contribution >= 0.6 is 0 Å². The highest BCUT2D eigenvalue weighted by Crippen LogP contribution is 2.11. The van der Waals surface area contributed by atoms with Gasteiger partial charge in [0.05, 0.1) is 18.7 Å². The highest BCUT2D eigenvalue weighted by atomic mass is 16.4. The maximum atomic E-state index is 13.8. The van der Waals surface area contributed by atoms with Crippen LogP contribution in [0.25, 0.3) is 0 Å². The Balaban J connectivity index is 5.99. The van der Waals surface area contributed by atoms with Crippen molar-refractivity contribution in [3.8, 4) is 0 Å². The van der Waals surface area contributed by atoms with Gasteiger partial charge in [-0.05, 0) is 63.7 Å². The highest BCUT2D eigenvalue weighted by molar-refractivity contribution is 5.97. The lowest BCUT2D eigenvalue weighted by Gasteiger charge is -2.29. The van der Waals surface area contributed by atoms with Crippen LogP contribution in [0.5, 0.6) is 0 Å². The second kappa shape index (κ2) is 27.2. The summed E-state index contributed by atoms with van der Waals surface area (Å²) < 4.78 is 0. The third-order valence-corrected chi connectivity index (χ3v) is 8.78. The van der Waals surface area contributed by atoms with Crippen LogP contribution in [0, 0.1) is 17.8 Å². The molecule has 8 amide bonds. The zero-order valence-electron chi connectivity index (χ0n) is 35.8. The zero-order chi connectivity index (χ0) is 46.4. The molecule has 0 saturated carbocycles. The molecule has 0 aromatic carbocycles. The van der Waals surface area contributed by atoms with Crippen molar-refractivity contribution in [2.24, 2.45) is 45.7 Å². The molecule has 17 N–H and O–H groups in total. The number of hydrogen-bond donors (Lipinski definition) is 13. The van der Waals surface area contributed by atoms with Crippen LogP contribution in [-0.2, 0) is 43.2 Å². The molecule has 0 aromatic heterocycles. The number of nitrogens with one attached hydrogen (secondary N) is 7. The number of hydrogen-bond acceptors (Lipinski definition) is 12. The molecule has 342 valence electrons. The van der Waals surface area contributed by atoms with E-state index < -0.39 is 114 Å². The van der Waals surface area contributed by atoms with E-state index in [1.54, 1.807) is 27.7 Å². The summed E-state index contributed by atoms with van der Waals surface area (Å²) >= 11 is 0. The van der Waals surface area contributed by atoms with Crippen molar-refractivity contribution in [1.29, 1.82) is 0 Å². The summed E-state index contributed by atoms with van der Waals surface area (Å²) in [5.74, 6) is -8.69. The molecule has 0 aliphatic carbocycles. The lowest BCUT2D eigenvalue weighted by molar-refractivity contribution is -0.144. The number of amides is 8. The second-order valence-corrected chi connectivity index (χ2v) is 15.8. The molecule has 60 heavy (non-hydrogen) atoms. The molecule has 0 rings (SSSR count). The summed E-state index contributed by atoms with van der Waals surface area (Å²) in [5, 5.41) is 35.9. The van der Waals surface area contributed by atoms with E-state index in [0.717, 1.165) is 6.92 Å². The highest BCUT2D eigenvalue weighted by Gasteiger charge is 2.34. The Morgan fingerprint density at radius 3 is 1.57 bits per heavy atom. The van der Waals surface area contributed by atoms with E-state index in [1.165, 1.54) is 6.92 Å². The first kappa shape index (κ1) is 54.4. The maximum Gasteiger partial charge on any atom is 0.328 e. The Hall–Kier alpha value is -5.58. The van der Waals surface area contributed by atoms with Gasteiger partial charge in [0.2, 0.25) is 47.3 Å². The smallest absolute Gasteiger partial charge is 0.328 e. The number of guanidine groups is 1. The van der Waals surface area contributed by atoms with Crippen molar-refractivity contribution in [2.75, 3.05) is 13.1 Å². The third kappa shape index (κ3) is 22.0. The minimum absolute atomic E-state index is 0.0638. The van der Waals surface area contributed by atoms with Gasteiger partial charge in [-0.3, -0.25) is 43.3 Å². The van der Waals surface area contributed by atoms with Gasteiger partial charge < -0.3 is 70.4 Å². The van der Waals surface area contributed by atoms with Gasteiger partial charge in [-0.15, -0.1) is 0 Å². The first-order valence-electron chi connectivity index (χ1n) is 19.9. The van der Waals surface area contributed by atoms with Crippen LogP contribution in [0.15, 0.2) is 4.99 Å². The number of carboxylic acids is 1. The molecule has 0 bridgehead atoms. The molecule has 8 atom stereocenters. The van der Waals surface area contributed by atoms with E-state index in [0.29, 0.717) is 6.42 Å². The fraction of sp³-hybridized carbons (Fsp3) is 0.730. The summed E-state index contributed by atoms with van der Waals surface area (Å²) in [6.45, 7) is 12.5. The van der Waals surface area contributed by atoms with Crippen molar-refractivity contribution in [3.63, 3.8) is 0 Å². The first-order chi connectivity index (χ1) is 27.8. The quantitative estimate of drug-likeness (QED) is 0.0202. The van der Waals surface area contributed by atoms with Crippen LogP contribution in [0.1, 0.15) is 93.9 Å². The van der Waals surface area contributed by atoms with Gasteiger partial charge in [0.15, 0.2) is 12.0 Å². The van der Waals surface area contributed by atoms with Crippen molar-refractivity contribution in [2.45, 2.75) is 142 Å². The molecule has 0 fully saturated rings. The molecular formula is C37H68N12O11. The number of carboxylic acid groups (broad SMARTS) is 1. The Kier molecular flexibility index (Phi) is 24.7. The van der Waals surface area contributed by atoms with Gasteiger partial charge in [0.25, 0.3) is 0 Å². The fourth-order valence-electron chi connectivity index (χ4n) is 5.53. The van der Waals surface area contributed by atoms with Crippen LogP contribution in [0.2, 0.25) is 0 Å². The normalized spacial score (nSPS) is 15.2. The number of rotatable bonds is 28. The summed E-state index contributed by atoms with van der Waals surface area (Å²) in [6.07, 6.45) is -1.17. The predicted molar refractivity (Wildman–Crippen MR) is 220 cm³/mol. The van der Waals surface area contributed by atoms with Crippen LogP contribution < -0.4 is 60.2 Å². The summed E-state index contributed by atoms with van der Waals surface area (Å²) in [6, 6.07) is -8.85. The van der Waals surface area contributed by atoms with E-state index in [4.69, 9.17) is 28.0 Å². The summed E-state index contributed by atoms with van der Waals surface area (Å²) in [4.78, 5) is 119. The van der Waals surface area contributed by atoms with Gasteiger partial charge in [0, 0.05) is 13.0 Å². The molecular weight excluding hydrogens is 788 g/mol. The zero-order valence-corrected chi connectivity index (χ0v) is 35.8. The topological polar surface area (TPSA) is 395 Å². The number of carbonyl (C=O) groups excluding carboxylic acids is 8. The average molecular weight is 857 g/mol. The van der Waals surface area contributed by atoms with Crippen LogP contribution in [0.4, 0.5) is 0 Å². The van der Waals surface area contributed by atoms with Crippen molar-refractivity contribution >= 4 is 59.2 Å². The fourth-order valence-corrected chi connectivity index (χ4v) is 5.53. The molecule has 0 heterocycles. The van der Waals surface area contributed by atoms with Gasteiger partial charge >= 0.3 is 5.97 Å². The molecule has 0 radical (unpaired) electrons. The lowest BCUT2D eigenvalue weighted by Crippen LogP contribution is -2.60. The number of primary amides is 1. The number of nitrogens with zero attached hydrogens (tertiary/aromatic N) is 1. The molecule has 0 aliphatic heterocycles. The Bertz CT molecular complexity index is 1520. The molecule has 0 saturated heterocycles. The Morgan fingerprint density at radius 1 is 0.600 bits per heavy atom. The minimum atomic E-state index is -1.62. The van der Waals surface area contributed by atoms with E-state index in [9.17, 15) is 48.3 Å². The number of aliphatic imine (C=N–C) groups is 1. The maximum absolute atomic E-state index is 13.8. The molecule has 8 unspecified atom stereocenters. The third-order valence-electron chi connectivity index (χ3n) is 8.78. The van der Waals surface area contributed by atoms with Crippen LogP contribution in [-0.4, -0.2) is 131 Å². The van der Waals surface area contributed by atoms with Gasteiger partial charge in [0.1, 0.15) is 30.2 Å². The van der Waals surface area contributed by atoms with Crippen molar-refractivity contribution < 1.29 is 53.4 Å². The number of nitrogens with two attached hydrogens (primary N) is 4. The average Bonchev–Trinajstić information content (AvgIpc) is 3.13. The van der Waals surface area contributed by atoms with Gasteiger partial charge in [-0.2, -0.15) is 0 Å². The van der Waals surface area contributed by atoms with Gasteiger partial charge in [-0.25, -0.2) is 4.79 Å². The molecule has 0 aliphatic rings. The standard InChI is InChI=1S/C37H68N12O11/c1-17(2)14-24(33(56)44-20(7)30(53)43-16-27(52)48-29(21(8)50)36(59)60)47-32(55)23(11-12-26(39)51)45-35(58)28(19(5)6)49-34(57)25(15-18(3)4)46-31(54)22(38)10-9-13-42-37(40)41/h17-25,28-29,50H,9-16,38H2,1-8H3,(H2,39,51)(H,43,53)(H,44,56)(H,45,58)(H,46,54)(H,47,55)(H,48,52)(H,49,57)(H,59,60)(H4,40,41,42). The number of aliphatic hydroxyl groups is 1. The number of aliphatic hydroxyl groups excluding tert-OH is 1. The predicted octanol–water partition coefficient (Wildman–Crippen LogP) is -4.11. The van der Waals surface area contributed by atoms with Gasteiger partial charge in [-0.1, -0.05) is 41.5 Å². The second-order valence-electron chi connectivity index (χ2n) is 15.8.